The molecule has 1 heterocycles. The molecule has 0 N–H and O–H groups in total. The van der Waals surface area contributed by atoms with Gasteiger partial charge in [0, 0.05) is 12.0 Å². The van der Waals surface area contributed by atoms with Crippen LogP contribution in [0.5, 0.6) is 0 Å². The van der Waals surface area contributed by atoms with Gasteiger partial charge in [0.1, 0.15) is 0 Å². The molecule has 2 nitrogen and oxygen atoms in total. The summed E-state index contributed by atoms with van der Waals surface area (Å²) in [6, 6.07) is 9.33. The van der Waals surface area contributed by atoms with E-state index in [1.54, 1.807) is 0 Å². The van der Waals surface area contributed by atoms with Crippen molar-refractivity contribution in [2.24, 2.45) is 0 Å². The molecule has 2 heteroatoms. The molecule has 0 aromatic heterocycles. The summed E-state index contributed by atoms with van der Waals surface area (Å²) in [6.07, 6.45) is 4.88. The Bertz CT molecular complexity index is 486. The Hall–Kier alpha value is -1.33. The molecule has 1 aliphatic heterocycles. The van der Waals surface area contributed by atoms with Crippen LogP contribution in [0, 0.1) is 11.3 Å². The number of nitrogens with zero attached hydrogens (tertiary/aromatic N) is 2. The Balaban J connectivity index is 1.97. The second-order valence-corrected chi connectivity index (χ2v) is 5.53. The van der Waals surface area contributed by atoms with Gasteiger partial charge >= 0.3 is 0 Å². The van der Waals surface area contributed by atoms with Gasteiger partial charge in [-0.05, 0) is 56.0 Å². The number of likely N-dealkylation sites (tertiary alicyclic amines) is 1. The Labute approximate surface area is 109 Å². The molecular formula is C16H20N2. The van der Waals surface area contributed by atoms with E-state index >= 15 is 0 Å². The number of fused-ring (bicyclic) bond motifs is 3. The van der Waals surface area contributed by atoms with Crippen LogP contribution in [0.3, 0.4) is 0 Å². The van der Waals surface area contributed by atoms with E-state index in [2.05, 4.69) is 24.0 Å². The molecule has 1 aromatic carbocycles. The Morgan fingerprint density at radius 2 is 2.28 bits per heavy atom. The highest BCUT2D eigenvalue weighted by molar-refractivity contribution is 5.47. The summed E-state index contributed by atoms with van der Waals surface area (Å²) in [5.74, 6) is 0.608. The molecule has 1 fully saturated rings. The lowest BCUT2D eigenvalue weighted by Crippen LogP contribution is -2.35. The highest BCUT2D eigenvalue weighted by Gasteiger charge is 2.39. The van der Waals surface area contributed by atoms with Crippen molar-refractivity contribution in [1.82, 2.24) is 4.90 Å². The van der Waals surface area contributed by atoms with Gasteiger partial charge in [-0.1, -0.05) is 19.1 Å². The van der Waals surface area contributed by atoms with Gasteiger partial charge in [-0.25, -0.2) is 0 Å². The largest absolute Gasteiger partial charge is 0.300 e. The van der Waals surface area contributed by atoms with Gasteiger partial charge in [-0.2, -0.15) is 5.26 Å². The zero-order chi connectivity index (χ0) is 12.5. The predicted molar refractivity (Wildman–Crippen MR) is 72.5 cm³/mol. The van der Waals surface area contributed by atoms with Gasteiger partial charge in [-0.15, -0.1) is 0 Å². The molecular weight excluding hydrogens is 222 g/mol. The molecule has 0 amide bonds. The third-order valence-corrected chi connectivity index (χ3v) is 4.57. The first kappa shape index (κ1) is 11.7. The molecule has 1 saturated heterocycles. The minimum Gasteiger partial charge on any atom is -0.300 e. The minimum absolute atomic E-state index is 0.608. The fraction of sp³-hybridized carbons (Fsp3) is 0.562. The summed E-state index contributed by atoms with van der Waals surface area (Å²) in [6.45, 7) is 4.68. The number of aryl methyl sites for hydroxylation is 1. The highest BCUT2D eigenvalue weighted by Crippen LogP contribution is 2.42. The maximum absolute atomic E-state index is 9.32. The number of benzene rings is 1. The normalized spacial score (nSPS) is 26.4. The van der Waals surface area contributed by atoms with Crippen LogP contribution < -0.4 is 0 Å². The second kappa shape index (κ2) is 4.74. The fourth-order valence-corrected chi connectivity index (χ4v) is 3.87. The average Bonchev–Trinajstić information content (AvgIpc) is 2.82. The Kier molecular flexibility index (Phi) is 3.09. The summed E-state index contributed by atoms with van der Waals surface area (Å²) >= 11 is 0. The summed E-state index contributed by atoms with van der Waals surface area (Å²) in [4.78, 5) is 2.64. The van der Waals surface area contributed by atoms with Gasteiger partial charge in [0.2, 0.25) is 0 Å². The minimum atomic E-state index is 0.608. The van der Waals surface area contributed by atoms with E-state index in [9.17, 15) is 5.26 Å². The van der Waals surface area contributed by atoms with E-state index in [0.717, 1.165) is 12.0 Å². The zero-order valence-corrected chi connectivity index (χ0v) is 11.0. The second-order valence-electron chi connectivity index (χ2n) is 5.53. The maximum atomic E-state index is 9.32. The molecule has 18 heavy (non-hydrogen) atoms. The van der Waals surface area contributed by atoms with Gasteiger partial charge < -0.3 is 0 Å². The van der Waals surface area contributed by atoms with Crippen molar-refractivity contribution >= 4 is 0 Å². The molecule has 2 aliphatic rings. The van der Waals surface area contributed by atoms with Gasteiger partial charge in [0.15, 0.2) is 0 Å². The molecule has 0 unspecified atom stereocenters. The first-order chi connectivity index (χ1) is 8.85. The molecule has 3 rings (SSSR count). The van der Waals surface area contributed by atoms with Crippen LogP contribution in [-0.4, -0.2) is 24.0 Å². The monoisotopic (exact) mass is 242 g/mol. The molecule has 2 atom stereocenters. The quantitative estimate of drug-likeness (QED) is 0.588. The van der Waals surface area contributed by atoms with Crippen molar-refractivity contribution in [3.8, 4) is 6.07 Å². The third kappa shape index (κ3) is 1.74. The van der Waals surface area contributed by atoms with E-state index < -0.39 is 0 Å². The Morgan fingerprint density at radius 1 is 1.39 bits per heavy atom. The number of hydrogen-bond donors (Lipinski definition) is 0. The molecule has 1 aliphatic carbocycles. The van der Waals surface area contributed by atoms with E-state index in [4.69, 9.17) is 0 Å². The van der Waals surface area contributed by atoms with E-state index in [-0.39, 0.29) is 0 Å². The predicted octanol–water partition coefficient (Wildman–Crippen LogP) is 3.07. The van der Waals surface area contributed by atoms with E-state index in [1.807, 2.05) is 12.1 Å². The Morgan fingerprint density at radius 3 is 3.06 bits per heavy atom. The van der Waals surface area contributed by atoms with Crippen molar-refractivity contribution in [2.75, 3.05) is 13.1 Å². The zero-order valence-electron chi connectivity index (χ0n) is 11.0. The topological polar surface area (TPSA) is 27.0 Å². The summed E-state index contributed by atoms with van der Waals surface area (Å²) < 4.78 is 0. The standard InChI is InChI=1S/C16H20N2/c1-2-9-18-10-8-14-15(18)7-6-12-4-3-5-13(11-17)16(12)14/h3-5,14-15H,2,6-10H2,1H3/t14-,15-/m1/s1/i11+1,17+1. The van der Waals surface area contributed by atoms with Gasteiger partial charge in [0.05, 0.1) is 11.6 Å². The SMILES string of the molecule is CCCN1CC[C@H]2c3c(cccc3[13C]#[15N])CC[C@H]21. The lowest BCUT2D eigenvalue weighted by atomic mass is 9.78. The number of hydrogen-bond acceptors (Lipinski definition) is 2. The van der Waals surface area contributed by atoms with Crippen LogP contribution in [0.25, 0.3) is 0 Å². The molecule has 0 bridgehead atoms. The lowest BCUT2D eigenvalue weighted by molar-refractivity contribution is 0.227. The maximum Gasteiger partial charge on any atom is 0.0994 e. The average molecular weight is 242 g/mol. The van der Waals surface area contributed by atoms with Crippen molar-refractivity contribution < 1.29 is 0 Å². The van der Waals surface area contributed by atoms with Crippen LogP contribution in [0.4, 0.5) is 0 Å². The van der Waals surface area contributed by atoms with Crippen LogP contribution in [0.15, 0.2) is 18.2 Å². The van der Waals surface area contributed by atoms with Crippen LogP contribution in [-0.2, 0) is 6.42 Å². The van der Waals surface area contributed by atoms with Gasteiger partial charge in [0.25, 0.3) is 0 Å². The molecule has 0 radical (unpaired) electrons. The van der Waals surface area contributed by atoms with E-state index in [1.165, 1.54) is 43.5 Å². The summed E-state index contributed by atoms with van der Waals surface area (Å²) in [7, 11) is 0. The molecule has 0 spiro atoms. The van der Waals surface area contributed by atoms with Crippen molar-refractivity contribution in [1.29, 1.82) is 5.26 Å². The van der Waals surface area contributed by atoms with Gasteiger partial charge in [-0.3, -0.25) is 4.90 Å². The first-order valence-corrected chi connectivity index (χ1v) is 7.11. The summed E-state index contributed by atoms with van der Waals surface area (Å²) in [5.41, 5.74) is 3.71. The summed E-state index contributed by atoms with van der Waals surface area (Å²) in [5, 5.41) is 9.32. The lowest BCUT2D eigenvalue weighted by Gasteiger charge is -2.33. The third-order valence-electron chi connectivity index (χ3n) is 4.57. The fourth-order valence-electron chi connectivity index (χ4n) is 3.87. The number of nitriles is 1. The first-order valence-electron chi connectivity index (χ1n) is 7.11. The highest BCUT2D eigenvalue weighted by atomic mass is 15.2. The van der Waals surface area contributed by atoms with Crippen molar-refractivity contribution in [3.63, 3.8) is 0 Å². The molecule has 1 aromatic rings. The molecule has 0 saturated carbocycles. The van der Waals surface area contributed by atoms with Crippen molar-refractivity contribution in [2.45, 2.75) is 44.6 Å². The van der Waals surface area contributed by atoms with E-state index in [0.29, 0.717) is 12.0 Å². The smallest absolute Gasteiger partial charge is 0.0994 e. The number of rotatable bonds is 2. The molecule has 94 valence electrons. The van der Waals surface area contributed by atoms with Crippen LogP contribution in [0.2, 0.25) is 0 Å². The van der Waals surface area contributed by atoms with Crippen molar-refractivity contribution in [3.05, 3.63) is 34.9 Å². The van der Waals surface area contributed by atoms with Crippen LogP contribution in [0.1, 0.15) is 48.8 Å². The van der Waals surface area contributed by atoms with Crippen LogP contribution >= 0.6 is 0 Å².